The minimum atomic E-state index is -4.81. The molecule has 116 valence electrons. The van der Waals surface area contributed by atoms with E-state index in [0.29, 0.717) is 5.02 Å². The first-order chi connectivity index (χ1) is 9.70. The second kappa shape index (κ2) is 7.28. The van der Waals surface area contributed by atoms with E-state index in [0.717, 1.165) is 0 Å². The van der Waals surface area contributed by atoms with Crippen LogP contribution in [0.25, 0.3) is 0 Å². The van der Waals surface area contributed by atoms with Crippen LogP contribution in [0.3, 0.4) is 0 Å². The Morgan fingerprint density at radius 2 is 1.76 bits per heavy atom. The molecule has 0 fully saturated rings. The van der Waals surface area contributed by atoms with Gasteiger partial charge in [0.25, 0.3) is 5.91 Å². The largest absolute Gasteiger partial charge is 0.416 e. The van der Waals surface area contributed by atoms with Crippen molar-refractivity contribution in [3.8, 4) is 0 Å². The van der Waals surface area contributed by atoms with Crippen molar-refractivity contribution in [1.82, 2.24) is 10.6 Å². The first-order valence-electron chi connectivity index (χ1n) is 5.75. The minimum Gasteiger partial charge on any atom is -0.382 e. The van der Waals surface area contributed by atoms with Crippen molar-refractivity contribution in [1.29, 1.82) is 0 Å². The average Bonchev–Trinajstić information content (AvgIpc) is 2.41. The third-order valence-corrected chi connectivity index (χ3v) is 2.64. The Balaban J connectivity index is 2.36. The lowest BCUT2D eigenvalue weighted by atomic mass is 10.2. The summed E-state index contributed by atoms with van der Waals surface area (Å²) < 4.78 is 36.0. The van der Waals surface area contributed by atoms with Gasteiger partial charge in [0.15, 0.2) is 6.10 Å². The maximum atomic E-state index is 12.0. The number of hydrogen-bond donors (Lipinski definition) is 3. The summed E-state index contributed by atoms with van der Waals surface area (Å²) in [6.45, 7) is -1.48. The highest BCUT2D eigenvalue weighted by atomic mass is 35.5. The molecule has 0 saturated heterocycles. The molecule has 9 heteroatoms. The second-order valence-electron chi connectivity index (χ2n) is 4.05. The SMILES string of the molecule is O=C(CNC(=O)c1ccc(Cl)cc1)NCC(O)C(F)(F)F. The Morgan fingerprint density at radius 3 is 2.29 bits per heavy atom. The number of rotatable bonds is 5. The summed E-state index contributed by atoms with van der Waals surface area (Å²) >= 11 is 5.64. The van der Waals surface area contributed by atoms with Gasteiger partial charge >= 0.3 is 6.18 Å². The molecule has 1 atom stereocenters. The van der Waals surface area contributed by atoms with E-state index in [1.165, 1.54) is 24.3 Å². The molecule has 0 saturated carbocycles. The van der Waals surface area contributed by atoms with Crippen molar-refractivity contribution in [2.24, 2.45) is 0 Å². The van der Waals surface area contributed by atoms with E-state index in [1.54, 1.807) is 0 Å². The van der Waals surface area contributed by atoms with Crippen LogP contribution in [0.1, 0.15) is 10.4 Å². The van der Waals surface area contributed by atoms with E-state index >= 15 is 0 Å². The molecule has 0 spiro atoms. The zero-order chi connectivity index (χ0) is 16.0. The molecule has 1 rings (SSSR count). The van der Waals surface area contributed by atoms with E-state index in [4.69, 9.17) is 16.7 Å². The Bertz CT molecular complexity index is 505. The lowest BCUT2D eigenvalue weighted by molar-refractivity contribution is -0.201. The minimum absolute atomic E-state index is 0.252. The number of hydrogen-bond acceptors (Lipinski definition) is 3. The van der Waals surface area contributed by atoms with Crippen molar-refractivity contribution in [3.05, 3.63) is 34.9 Å². The lowest BCUT2D eigenvalue weighted by Gasteiger charge is -2.15. The van der Waals surface area contributed by atoms with Gasteiger partial charge < -0.3 is 15.7 Å². The molecular weight excluding hydrogens is 313 g/mol. The van der Waals surface area contributed by atoms with E-state index < -0.39 is 37.2 Å². The number of carbonyl (C=O) groups is 2. The number of aliphatic hydroxyl groups is 1. The van der Waals surface area contributed by atoms with Gasteiger partial charge in [-0.05, 0) is 24.3 Å². The highest BCUT2D eigenvalue weighted by molar-refractivity contribution is 6.30. The average molecular weight is 325 g/mol. The fraction of sp³-hybridized carbons (Fsp3) is 0.333. The van der Waals surface area contributed by atoms with Gasteiger partial charge in [-0.25, -0.2) is 0 Å². The standard InChI is InChI=1S/C12H12ClF3N2O3/c13-8-3-1-7(2-4-8)11(21)18-6-10(20)17-5-9(19)12(14,15)16/h1-4,9,19H,5-6H2,(H,17,20)(H,18,21). The Hall–Kier alpha value is -1.80. The van der Waals surface area contributed by atoms with Crippen LogP contribution in [-0.2, 0) is 4.79 Å². The predicted molar refractivity (Wildman–Crippen MR) is 68.9 cm³/mol. The Kier molecular flexibility index (Phi) is 5.98. The Labute approximate surface area is 123 Å². The Morgan fingerprint density at radius 1 is 1.19 bits per heavy atom. The fourth-order valence-corrected chi connectivity index (χ4v) is 1.38. The first-order valence-corrected chi connectivity index (χ1v) is 6.13. The third-order valence-electron chi connectivity index (χ3n) is 2.39. The monoisotopic (exact) mass is 324 g/mol. The van der Waals surface area contributed by atoms with Gasteiger partial charge in [0, 0.05) is 10.6 Å². The van der Waals surface area contributed by atoms with Gasteiger partial charge in [-0.15, -0.1) is 0 Å². The number of carbonyl (C=O) groups excluding carboxylic acids is 2. The van der Waals surface area contributed by atoms with Crippen molar-refractivity contribution in [2.45, 2.75) is 12.3 Å². The van der Waals surface area contributed by atoms with Crippen molar-refractivity contribution in [3.63, 3.8) is 0 Å². The first kappa shape index (κ1) is 17.3. The van der Waals surface area contributed by atoms with E-state index in [-0.39, 0.29) is 5.56 Å². The summed E-state index contributed by atoms with van der Waals surface area (Å²) in [6, 6.07) is 5.83. The van der Waals surface area contributed by atoms with Gasteiger partial charge in [-0.1, -0.05) is 11.6 Å². The topological polar surface area (TPSA) is 78.4 Å². The van der Waals surface area contributed by atoms with Gasteiger partial charge in [-0.3, -0.25) is 9.59 Å². The molecular formula is C12H12ClF3N2O3. The van der Waals surface area contributed by atoms with Crippen LogP contribution in [0.4, 0.5) is 13.2 Å². The zero-order valence-electron chi connectivity index (χ0n) is 10.6. The summed E-state index contributed by atoms with van der Waals surface area (Å²) in [4.78, 5) is 22.8. The van der Waals surface area contributed by atoms with E-state index in [2.05, 4.69) is 5.32 Å². The molecule has 3 N–H and O–H groups in total. The summed E-state index contributed by atoms with van der Waals surface area (Å²) in [7, 11) is 0. The van der Waals surface area contributed by atoms with E-state index in [1.807, 2.05) is 5.32 Å². The van der Waals surface area contributed by atoms with Gasteiger partial charge in [-0.2, -0.15) is 13.2 Å². The molecule has 0 heterocycles. The van der Waals surface area contributed by atoms with Crippen LogP contribution in [0.2, 0.25) is 5.02 Å². The predicted octanol–water partition coefficient (Wildman–Crippen LogP) is 1.11. The van der Waals surface area contributed by atoms with Crippen LogP contribution in [-0.4, -0.2) is 42.3 Å². The molecule has 0 radical (unpaired) electrons. The highest BCUT2D eigenvalue weighted by Crippen LogP contribution is 2.19. The molecule has 0 aliphatic carbocycles. The molecule has 0 aliphatic heterocycles. The van der Waals surface area contributed by atoms with Crippen molar-refractivity contribution < 1.29 is 27.9 Å². The van der Waals surface area contributed by atoms with Crippen LogP contribution in [0, 0.1) is 0 Å². The molecule has 21 heavy (non-hydrogen) atoms. The van der Waals surface area contributed by atoms with E-state index in [9.17, 15) is 22.8 Å². The van der Waals surface area contributed by atoms with Crippen LogP contribution < -0.4 is 10.6 Å². The number of amides is 2. The smallest absolute Gasteiger partial charge is 0.382 e. The highest BCUT2D eigenvalue weighted by Gasteiger charge is 2.38. The molecule has 5 nitrogen and oxygen atoms in total. The van der Waals surface area contributed by atoms with Gasteiger partial charge in [0.05, 0.1) is 13.1 Å². The molecule has 0 bridgehead atoms. The number of nitrogens with one attached hydrogen (secondary N) is 2. The molecule has 1 aromatic carbocycles. The number of benzene rings is 1. The number of alkyl halides is 3. The van der Waals surface area contributed by atoms with Crippen LogP contribution >= 0.6 is 11.6 Å². The molecule has 2 amide bonds. The summed E-state index contributed by atoms with van der Waals surface area (Å²) in [5, 5.41) is 13.2. The number of halogens is 4. The number of aliphatic hydroxyl groups excluding tert-OH is 1. The maximum absolute atomic E-state index is 12.0. The molecule has 1 aromatic rings. The van der Waals surface area contributed by atoms with Gasteiger partial charge in [0.2, 0.25) is 5.91 Å². The second-order valence-corrected chi connectivity index (χ2v) is 4.49. The maximum Gasteiger partial charge on any atom is 0.416 e. The van der Waals surface area contributed by atoms with Crippen LogP contribution in [0.15, 0.2) is 24.3 Å². The third kappa shape index (κ3) is 6.01. The fourth-order valence-electron chi connectivity index (χ4n) is 1.25. The summed E-state index contributed by atoms with van der Waals surface area (Å²) in [5.41, 5.74) is 0.252. The van der Waals surface area contributed by atoms with Crippen molar-refractivity contribution >= 4 is 23.4 Å². The van der Waals surface area contributed by atoms with Crippen molar-refractivity contribution in [2.75, 3.05) is 13.1 Å². The lowest BCUT2D eigenvalue weighted by Crippen LogP contribution is -2.44. The van der Waals surface area contributed by atoms with Crippen LogP contribution in [0.5, 0.6) is 0 Å². The summed E-state index contributed by atoms with van der Waals surface area (Å²) in [6.07, 6.45) is -7.45. The molecule has 0 aliphatic rings. The molecule has 1 unspecified atom stereocenters. The molecule has 0 aromatic heterocycles. The summed E-state index contributed by atoms with van der Waals surface area (Å²) in [5.74, 6) is -1.42. The zero-order valence-corrected chi connectivity index (χ0v) is 11.3. The quantitative estimate of drug-likeness (QED) is 0.759. The normalized spacial score (nSPS) is 12.6. The van der Waals surface area contributed by atoms with Gasteiger partial charge in [0.1, 0.15) is 0 Å².